The van der Waals surface area contributed by atoms with Gasteiger partial charge in [-0.3, -0.25) is 9.59 Å². The van der Waals surface area contributed by atoms with E-state index in [-0.39, 0.29) is 11.8 Å². The van der Waals surface area contributed by atoms with E-state index in [1.807, 2.05) is 0 Å². The predicted octanol–water partition coefficient (Wildman–Crippen LogP) is 0.360. The van der Waals surface area contributed by atoms with E-state index < -0.39 is 5.97 Å². The van der Waals surface area contributed by atoms with Gasteiger partial charge in [-0.25, -0.2) is 9.97 Å². The normalized spacial score (nSPS) is 9.29. The van der Waals surface area contributed by atoms with Crippen LogP contribution in [0, 0.1) is 0 Å². The van der Waals surface area contributed by atoms with Crippen LogP contribution >= 0.6 is 0 Å². The van der Waals surface area contributed by atoms with Gasteiger partial charge in [-0.2, -0.15) is 0 Å². The van der Waals surface area contributed by atoms with Crippen LogP contribution in [0.3, 0.4) is 0 Å². The van der Waals surface area contributed by atoms with Crippen molar-refractivity contribution in [2.75, 3.05) is 5.32 Å². The Kier molecular flexibility index (Phi) is 3.11. The predicted molar refractivity (Wildman–Crippen MR) is 47.6 cm³/mol. The minimum absolute atomic E-state index is 0.108. The summed E-state index contributed by atoms with van der Waals surface area (Å²) in [6.45, 7) is 2.62. The van der Waals surface area contributed by atoms with Gasteiger partial charge in [0.25, 0.3) is 0 Å². The third-order valence-electron chi connectivity index (χ3n) is 1.19. The number of carbonyl (C=O) groups excluding carboxylic acids is 2. The first-order chi connectivity index (χ1) is 6.58. The first kappa shape index (κ1) is 10.1. The molecule has 0 atom stereocenters. The molecular weight excluding hydrogens is 186 g/mol. The zero-order valence-electron chi connectivity index (χ0n) is 7.77. The summed E-state index contributed by atoms with van der Waals surface area (Å²) in [6, 6.07) is 1.36. The summed E-state index contributed by atoms with van der Waals surface area (Å²) in [7, 11) is 0. The Balaban J connectivity index is 2.78. The number of hydrogen-bond acceptors (Lipinski definition) is 5. The van der Waals surface area contributed by atoms with Crippen LogP contribution < -0.4 is 10.1 Å². The topological polar surface area (TPSA) is 81.2 Å². The summed E-state index contributed by atoms with van der Waals surface area (Å²) in [5.41, 5.74) is 0. The number of esters is 1. The van der Waals surface area contributed by atoms with E-state index in [2.05, 4.69) is 15.3 Å². The van der Waals surface area contributed by atoms with E-state index in [9.17, 15) is 9.59 Å². The van der Waals surface area contributed by atoms with E-state index in [4.69, 9.17) is 4.74 Å². The number of ether oxygens (including phenoxy) is 1. The van der Waals surface area contributed by atoms with Crippen LogP contribution in [-0.4, -0.2) is 21.8 Å². The van der Waals surface area contributed by atoms with Gasteiger partial charge in [-0.15, -0.1) is 0 Å². The van der Waals surface area contributed by atoms with Gasteiger partial charge in [0.1, 0.15) is 12.1 Å². The Labute approximate surface area is 80.3 Å². The number of hydrogen-bond donors (Lipinski definition) is 1. The van der Waals surface area contributed by atoms with Crippen molar-refractivity contribution in [2.24, 2.45) is 0 Å². The van der Waals surface area contributed by atoms with Gasteiger partial charge in [0.2, 0.25) is 11.8 Å². The van der Waals surface area contributed by atoms with Crippen LogP contribution in [0.15, 0.2) is 12.4 Å². The number of rotatable bonds is 2. The fourth-order valence-electron chi connectivity index (χ4n) is 0.791. The number of amides is 1. The number of aromatic nitrogens is 2. The van der Waals surface area contributed by atoms with Gasteiger partial charge in [-0.1, -0.05) is 0 Å². The maximum absolute atomic E-state index is 10.7. The van der Waals surface area contributed by atoms with Gasteiger partial charge in [0, 0.05) is 19.9 Å². The second kappa shape index (κ2) is 4.31. The summed E-state index contributed by atoms with van der Waals surface area (Å²) in [5, 5.41) is 2.44. The molecule has 0 spiro atoms. The molecule has 0 aliphatic heterocycles. The molecular formula is C8H9N3O3. The van der Waals surface area contributed by atoms with Crippen molar-refractivity contribution in [1.29, 1.82) is 0 Å². The van der Waals surface area contributed by atoms with Gasteiger partial charge >= 0.3 is 5.97 Å². The van der Waals surface area contributed by atoms with Crippen LogP contribution in [0.4, 0.5) is 5.82 Å². The molecule has 14 heavy (non-hydrogen) atoms. The smallest absolute Gasteiger partial charge is 0.309 e. The standard InChI is InChI=1S/C8H9N3O3/c1-5(12)11-7-3-8(10-4-9-7)14-6(2)13/h3-4H,1-2H3,(H,9,10,11,12). The lowest BCUT2D eigenvalue weighted by Gasteiger charge is -2.02. The van der Waals surface area contributed by atoms with Crippen molar-refractivity contribution in [1.82, 2.24) is 9.97 Å². The molecule has 6 heteroatoms. The van der Waals surface area contributed by atoms with Crippen molar-refractivity contribution in [3.63, 3.8) is 0 Å². The zero-order valence-corrected chi connectivity index (χ0v) is 7.77. The lowest BCUT2D eigenvalue weighted by atomic mass is 10.5. The highest BCUT2D eigenvalue weighted by atomic mass is 16.5. The van der Waals surface area contributed by atoms with Crippen molar-refractivity contribution >= 4 is 17.7 Å². The van der Waals surface area contributed by atoms with Crippen LogP contribution in [0.2, 0.25) is 0 Å². The van der Waals surface area contributed by atoms with Crippen LogP contribution in [0.1, 0.15) is 13.8 Å². The molecule has 0 radical (unpaired) electrons. The van der Waals surface area contributed by atoms with E-state index in [1.165, 1.54) is 26.2 Å². The Morgan fingerprint density at radius 3 is 2.64 bits per heavy atom. The van der Waals surface area contributed by atoms with Crippen molar-refractivity contribution < 1.29 is 14.3 Å². The van der Waals surface area contributed by atoms with Crippen LogP contribution in [0.5, 0.6) is 5.88 Å². The van der Waals surface area contributed by atoms with E-state index in [0.717, 1.165) is 0 Å². The molecule has 0 bridgehead atoms. The Bertz CT molecular complexity index is 333. The van der Waals surface area contributed by atoms with Crippen LogP contribution in [-0.2, 0) is 9.59 Å². The van der Waals surface area contributed by atoms with Crippen molar-refractivity contribution in [3.8, 4) is 5.88 Å². The molecule has 0 unspecified atom stereocenters. The van der Waals surface area contributed by atoms with Gasteiger partial charge in [0.15, 0.2) is 0 Å². The molecule has 0 saturated carbocycles. The zero-order chi connectivity index (χ0) is 10.6. The van der Waals surface area contributed by atoms with Crippen molar-refractivity contribution in [2.45, 2.75) is 13.8 Å². The maximum Gasteiger partial charge on any atom is 0.309 e. The summed E-state index contributed by atoms with van der Waals surface area (Å²) in [6.07, 6.45) is 1.20. The SMILES string of the molecule is CC(=O)Nc1cc(OC(C)=O)ncn1. The number of nitrogens with one attached hydrogen (secondary N) is 1. The second-order valence-electron chi connectivity index (χ2n) is 2.52. The second-order valence-corrected chi connectivity index (χ2v) is 2.52. The van der Waals surface area contributed by atoms with E-state index in [1.54, 1.807) is 0 Å². The molecule has 6 nitrogen and oxygen atoms in total. The largest absolute Gasteiger partial charge is 0.407 e. The molecule has 1 aromatic heterocycles. The number of nitrogens with zero attached hydrogens (tertiary/aromatic N) is 2. The summed E-state index contributed by atoms with van der Waals surface area (Å²) in [4.78, 5) is 28.7. The molecule has 1 N–H and O–H groups in total. The summed E-state index contributed by atoms with van der Waals surface area (Å²) >= 11 is 0. The lowest BCUT2D eigenvalue weighted by Crippen LogP contribution is -2.09. The van der Waals surface area contributed by atoms with E-state index >= 15 is 0 Å². The first-order valence-corrected chi connectivity index (χ1v) is 3.86. The highest BCUT2D eigenvalue weighted by molar-refractivity contribution is 5.87. The van der Waals surface area contributed by atoms with Gasteiger partial charge in [-0.05, 0) is 0 Å². The highest BCUT2D eigenvalue weighted by Gasteiger charge is 2.02. The quantitative estimate of drug-likeness (QED) is 0.689. The van der Waals surface area contributed by atoms with E-state index in [0.29, 0.717) is 5.82 Å². The molecule has 0 aliphatic rings. The fraction of sp³-hybridized carbons (Fsp3) is 0.250. The maximum atomic E-state index is 10.7. The number of carbonyl (C=O) groups is 2. The molecule has 74 valence electrons. The Morgan fingerprint density at radius 2 is 2.07 bits per heavy atom. The first-order valence-electron chi connectivity index (χ1n) is 3.86. The average Bonchev–Trinajstić information content (AvgIpc) is 2.01. The Hall–Kier alpha value is -1.98. The number of anilines is 1. The molecule has 1 amide bonds. The monoisotopic (exact) mass is 195 g/mol. The van der Waals surface area contributed by atoms with Gasteiger partial charge < -0.3 is 10.1 Å². The summed E-state index contributed by atoms with van der Waals surface area (Å²) in [5.74, 6) is -0.324. The minimum Gasteiger partial charge on any atom is -0.407 e. The highest BCUT2D eigenvalue weighted by Crippen LogP contribution is 2.10. The summed E-state index contributed by atoms with van der Waals surface area (Å²) < 4.78 is 4.70. The molecule has 1 heterocycles. The Morgan fingerprint density at radius 1 is 1.36 bits per heavy atom. The third kappa shape index (κ3) is 3.18. The van der Waals surface area contributed by atoms with Crippen LogP contribution in [0.25, 0.3) is 0 Å². The fourth-order valence-corrected chi connectivity index (χ4v) is 0.791. The molecule has 0 aromatic carbocycles. The molecule has 0 fully saturated rings. The third-order valence-corrected chi connectivity index (χ3v) is 1.19. The van der Waals surface area contributed by atoms with Gasteiger partial charge in [0.05, 0.1) is 0 Å². The lowest BCUT2D eigenvalue weighted by molar-refractivity contribution is -0.132. The van der Waals surface area contributed by atoms with Crippen molar-refractivity contribution in [3.05, 3.63) is 12.4 Å². The molecule has 1 rings (SSSR count). The average molecular weight is 195 g/mol. The molecule has 0 saturated heterocycles. The molecule has 1 aromatic rings. The molecule has 0 aliphatic carbocycles. The minimum atomic E-state index is -0.475.